The molecule has 0 unspecified atom stereocenters. The minimum atomic E-state index is -3.79. The van der Waals surface area contributed by atoms with Gasteiger partial charge in [0, 0.05) is 19.5 Å². The maximum Gasteiger partial charge on any atom is 0.244 e. The monoisotopic (exact) mass is 549 g/mol. The average Bonchev–Trinajstić information content (AvgIpc) is 2.89. The zero-order chi connectivity index (χ0) is 28.6. The summed E-state index contributed by atoms with van der Waals surface area (Å²) < 4.78 is 26.9. The van der Waals surface area contributed by atoms with Crippen LogP contribution in [0, 0.1) is 20.8 Å². The van der Waals surface area contributed by atoms with Crippen molar-refractivity contribution in [2.45, 2.75) is 53.1 Å². The molecule has 0 saturated heterocycles. The Morgan fingerprint density at radius 1 is 0.872 bits per heavy atom. The highest BCUT2D eigenvalue weighted by Crippen LogP contribution is 2.23. The number of hydrogen-bond donors (Lipinski definition) is 1. The van der Waals surface area contributed by atoms with Crippen LogP contribution in [0.1, 0.15) is 41.2 Å². The van der Waals surface area contributed by atoms with Gasteiger partial charge in [0.15, 0.2) is 0 Å². The topological polar surface area (TPSA) is 86.8 Å². The molecular formula is C31H39N3O4S. The van der Waals surface area contributed by atoms with Crippen molar-refractivity contribution < 1.29 is 18.0 Å². The van der Waals surface area contributed by atoms with Crippen LogP contribution in [0.15, 0.2) is 72.8 Å². The Kier molecular flexibility index (Phi) is 10.3. The second kappa shape index (κ2) is 13.4. The molecule has 0 aliphatic heterocycles. The molecule has 208 valence electrons. The van der Waals surface area contributed by atoms with E-state index in [0.717, 1.165) is 44.8 Å². The molecule has 0 aliphatic carbocycles. The number of benzene rings is 3. The smallest absolute Gasteiger partial charge is 0.244 e. The van der Waals surface area contributed by atoms with Gasteiger partial charge in [-0.25, -0.2) is 8.42 Å². The van der Waals surface area contributed by atoms with Crippen LogP contribution in [0.3, 0.4) is 0 Å². The third-order valence-corrected chi connectivity index (χ3v) is 7.85. The van der Waals surface area contributed by atoms with Gasteiger partial charge in [-0.1, -0.05) is 73.2 Å². The molecule has 39 heavy (non-hydrogen) atoms. The number of aryl methyl sites for hydroxylation is 3. The van der Waals surface area contributed by atoms with Crippen molar-refractivity contribution in [2.24, 2.45) is 0 Å². The number of nitrogens with zero attached hydrogens (tertiary/aromatic N) is 2. The highest BCUT2D eigenvalue weighted by Gasteiger charge is 2.33. The molecular weight excluding hydrogens is 510 g/mol. The van der Waals surface area contributed by atoms with Crippen LogP contribution in [0.5, 0.6) is 0 Å². The molecule has 7 nitrogen and oxygen atoms in total. The number of nitrogens with one attached hydrogen (secondary N) is 1. The molecule has 2 amide bonds. The molecule has 1 N–H and O–H groups in total. The van der Waals surface area contributed by atoms with Crippen molar-refractivity contribution in [3.63, 3.8) is 0 Å². The fourth-order valence-corrected chi connectivity index (χ4v) is 5.26. The van der Waals surface area contributed by atoms with E-state index < -0.39 is 28.5 Å². The van der Waals surface area contributed by atoms with Crippen molar-refractivity contribution in [2.75, 3.05) is 23.7 Å². The molecule has 3 aromatic carbocycles. The summed E-state index contributed by atoms with van der Waals surface area (Å²) in [6, 6.07) is 21.8. The number of carbonyl (C=O) groups is 2. The minimum Gasteiger partial charge on any atom is -0.354 e. The number of amides is 2. The van der Waals surface area contributed by atoms with Crippen molar-refractivity contribution in [3.05, 3.63) is 101 Å². The zero-order valence-electron chi connectivity index (χ0n) is 23.5. The van der Waals surface area contributed by atoms with E-state index in [4.69, 9.17) is 0 Å². The van der Waals surface area contributed by atoms with E-state index in [2.05, 4.69) is 5.32 Å². The standard InChI is InChI=1S/C31H39N3O4S/c1-6-17-32-31(36)29(20-26-12-8-7-9-13-26)33(21-27-14-10-11-23(2)18-27)30(35)22-34(39(5,37)38)28-16-15-24(3)25(4)19-28/h7-16,18-19,29H,6,17,20-22H2,1-5H3,(H,32,36)/t29-/m0/s1. The first-order valence-corrected chi connectivity index (χ1v) is 15.1. The Morgan fingerprint density at radius 3 is 2.18 bits per heavy atom. The molecule has 0 bridgehead atoms. The van der Waals surface area contributed by atoms with Gasteiger partial charge in [-0.15, -0.1) is 0 Å². The maximum atomic E-state index is 14.1. The molecule has 0 aromatic heterocycles. The third-order valence-electron chi connectivity index (χ3n) is 6.71. The van der Waals surface area contributed by atoms with Crippen LogP contribution < -0.4 is 9.62 Å². The second-order valence-electron chi connectivity index (χ2n) is 10.0. The lowest BCUT2D eigenvalue weighted by Crippen LogP contribution is -2.53. The quantitative estimate of drug-likeness (QED) is 0.359. The summed E-state index contributed by atoms with van der Waals surface area (Å²) in [6.45, 7) is 8.02. The maximum absolute atomic E-state index is 14.1. The number of anilines is 1. The Balaban J connectivity index is 2.05. The molecule has 0 heterocycles. The lowest BCUT2D eigenvalue weighted by molar-refractivity contribution is -0.140. The van der Waals surface area contributed by atoms with Gasteiger partial charge in [0.05, 0.1) is 11.9 Å². The van der Waals surface area contributed by atoms with Crippen LogP contribution in [0.25, 0.3) is 0 Å². The first kappa shape index (κ1) is 29.9. The summed E-state index contributed by atoms with van der Waals surface area (Å²) >= 11 is 0. The summed E-state index contributed by atoms with van der Waals surface area (Å²) in [5.41, 5.74) is 5.16. The molecule has 1 atom stereocenters. The van der Waals surface area contributed by atoms with Crippen LogP contribution in [0.2, 0.25) is 0 Å². The van der Waals surface area contributed by atoms with E-state index >= 15 is 0 Å². The highest BCUT2D eigenvalue weighted by atomic mass is 32.2. The summed E-state index contributed by atoms with van der Waals surface area (Å²) in [4.78, 5) is 29.1. The molecule has 8 heteroatoms. The van der Waals surface area contributed by atoms with E-state index in [1.165, 1.54) is 4.90 Å². The van der Waals surface area contributed by atoms with Gasteiger partial charge < -0.3 is 10.2 Å². The third kappa shape index (κ3) is 8.42. The van der Waals surface area contributed by atoms with Crippen molar-refractivity contribution in [1.29, 1.82) is 0 Å². The first-order chi connectivity index (χ1) is 18.5. The van der Waals surface area contributed by atoms with Crippen LogP contribution in [0.4, 0.5) is 5.69 Å². The van der Waals surface area contributed by atoms with Crippen molar-refractivity contribution in [1.82, 2.24) is 10.2 Å². The molecule has 0 radical (unpaired) electrons. The van der Waals surface area contributed by atoms with Crippen LogP contribution in [-0.2, 0) is 32.6 Å². The van der Waals surface area contributed by atoms with Gasteiger partial charge in [0.2, 0.25) is 21.8 Å². The number of sulfonamides is 1. The fraction of sp³-hybridized carbons (Fsp3) is 0.355. The molecule has 0 spiro atoms. The van der Waals surface area contributed by atoms with E-state index in [1.807, 2.05) is 88.4 Å². The predicted molar refractivity (Wildman–Crippen MR) is 157 cm³/mol. The number of hydrogen-bond acceptors (Lipinski definition) is 4. The summed E-state index contributed by atoms with van der Waals surface area (Å²) in [5.74, 6) is -0.716. The van der Waals surface area contributed by atoms with Crippen molar-refractivity contribution in [3.8, 4) is 0 Å². The SMILES string of the molecule is CCCNC(=O)[C@H](Cc1ccccc1)N(Cc1cccc(C)c1)C(=O)CN(c1ccc(C)c(C)c1)S(C)(=O)=O. The Hall–Kier alpha value is -3.65. The van der Waals surface area contributed by atoms with Crippen molar-refractivity contribution >= 4 is 27.5 Å². The molecule has 0 fully saturated rings. The summed E-state index contributed by atoms with van der Waals surface area (Å²) in [7, 11) is -3.79. The Morgan fingerprint density at radius 2 is 1.56 bits per heavy atom. The lowest BCUT2D eigenvalue weighted by Gasteiger charge is -2.33. The van der Waals surface area contributed by atoms with Gasteiger partial charge in [-0.3, -0.25) is 13.9 Å². The van der Waals surface area contributed by atoms with E-state index in [0.29, 0.717) is 18.7 Å². The van der Waals surface area contributed by atoms with Crippen LogP contribution in [-0.4, -0.2) is 50.5 Å². The highest BCUT2D eigenvalue weighted by molar-refractivity contribution is 7.92. The number of rotatable bonds is 12. The Labute approximate surface area is 232 Å². The molecule has 3 aromatic rings. The average molecular weight is 550 g/mol. The molecule has 3 rings (SSSR count). The van der Waals surface area contributed by atoms with Gasteiger partial charge in [0.25, 0.3) is 0 Å². The second-order valence-corrected chi connectivity index (χ2v) is 12.0. The Bertz CT molecular complexity index is 1390. The predicted octanol–water partition coefficient (Wildman–Crippen LogP) is 4.54. The molecule has 0 saturated carbocycles. The van der Waals surface area contributed by atoms with E-state index in [9.17, 15) is 18.0 Å². The van der Waals surface area contributed by atoms with E-state index in [-0.39, 0.29) is 12.5 Å². The van der Waals surface area contributed by atoms with Gasteiger partial charge >= 0.3 is 0 Å². The fourth-order valence-electron chi connectivity index (χ4n) is 4.42. The zero-order valence-corrected chi connectivity index (χ0v) is 24.3. The largest absolute Gasteiger partial charge is 0.354 e. The van der Waals surface area contributed by atoms with Gasteiger partial charge in [0.1, 0.15) is 12.6 Å². The van der Waals surface area contributed by atoms with Crippen LogP contribution >= 0.6 is 0 Å². The van der Waals surface area contributed by atoms with Gasteiger partial charge in [-0.05, 0) is 61.6 Å². The number of carbonyl (C=O) groups excluding carboxylic acids is 2. The minimum absolute atomic E-state index is 0.169. The lowest BCUT2D eigenvalue weighted by atomic mass is 10.0. The summed E-state index contributed by atoms with van der Waals surface area (Å²) in [5, 5.41) is 2.95. The summed E-state index contributed by atoms with van der Waals surface area (Å²) in [6.07, 6.45) is 2.15. The molecule has 0 aliphatic rings. The normalized spacial score (nSPS) is 12.0. The first-order valence-electron chi connectivity index (χ1n) is 13.2. The van der Waals surface area contributed by atoms with Gasteiger partial charge in [-0.2, -0.15) is 0 Å². The van der Waals surface area contributed by atoms with E-state index in [1.54, 1.807) is 12.1 Å².